The predicted octanol–water partition coefficient (Wildman–Crippen LogP) is 2.98. The van der Waals surface area contributed by atoms with E-state index < -0.39 is 11.9 Å². The Morgan fingerprint density at radius 3 is 2.76 bits per heavy atom. The molecule has 2 heterocycles. The molecule has 0 aromatic carbocycles. The highest BCUT2D eigenvalue weighted by molar-refractivity contribution is 9.11. The van der Waals surface area contributed by atoms with Crippen molar-refractivity contribution in [3.63, 3.8) is 0 Å². The Hall–Kier alpha value is -1.11. The van der Waals surface area contributed by atoms with Crippen LogP contribution in [0.25, 0.3) is 0 Å². The van der Waals surface area contributed by atoms with Crippen LogP contribution in [-0.2, 0) is 6.18 Å². The van der Waals surface area contributed by atoms with Gasteiger partial charge < -0.3 is 4.90 Å². The van der Waals surface area contributed by atoms with Crippen LogP contribution in [0.5, 0.6) is 0 Å². The minimum absolute atomic E-state index is 0.116. The van der Waals surface area contributed by atoms with Crippen LogP contribution >= 0.6 is 15.9 Å². The van der Waals surface area contributed by atoms with Gasteiger partial charge in [0.1, 0.15) is 5.69 Å². The molecule has 0 unspecified atom stereocenters. The van der Waals surface area contributed by atoms with E-state index in [4.69, 9.17) is 0 Å². The van der Waals surface area contributed by atoms with Gasteiger partial charge in [0.05, 0.1) is 6.54 Å². The number of rotatable bonds is 1. The predicted molar refractivity (Wildman–Crippen MR) is 60.9 cm³/mol. The summed E-state index contributed by atoms with van der Waals surface area (Å²) in [5.74, 6) is 0.116. The normalized spacial score (nSPS) is 16.9. The second kappa shape index (κ2) is 4.64. The Bertz CT molecular complexity index is 445. The van der Waals surface area contributed by atoms with Crippen molar-refractivity contribution < 1.29 is 13.2 Å². The van der Waals surface area contributed by atoms with E-state index in [1.807, 2.05) is 6.08 Å². The standard InChI is InChI=1S/C10H9BrF3N3/c11-7-2-1-5-17(6-7)9-15-4-3-8(16-9)10(12,13)14/h2-4H,1,5-6H2. The molecule has 0 bridgehead atoms. The second-order valence-corrected chi connectivity index (χ2v) is 4.62. The lowest BCUT2D eigenvalue weighted by Crippen LogP contribution is -2.30. The van der Waals surface area contributed by atoms with Gasteiger partial charge in [0, 0.05) is 17.2 Å². The van der Waals surface area contributed by atoms with Gasteiger partial charge >= 0.3 is 6.18 Å². The van der Waals surface area contributed by atoms with E-state index in [9.17, 15) is 13.2 Å². The molecule has 0 aliphatic carbocycles. The Morgan fingerprint density at radius 1 is 1.35 bits per heavy atom. The lowest BCUT2D eigenvalue weighted by atomic mass is 10.2. The van der Waals surface area contributed by atoms with Gasteiger partial charge in [-0.2, -0.15) is 13.2 Å². The van der Waals surface area contributed by atoms with Gasteiger partial charge in [-0.15, -0.1) is 0 Å². The zero-order valence-electron chi connectivity index (χ0n) is 8.71. The molecule has 7 heteroatoms. The molecule has 1 aromatic heterocycles. The number of aromatic nitrogens is 2. The van der Waals surface area contributed by atoms with Crippen molar-refractivity contribution in [2.45, 2.75) is 12.6 Å². The number of hydrogen-bond donors (Lipinski definition) is 0. The quantitative estimate of drug-likeness (QED) is 0.798. The fraction of sp³-hybridized carbons (Fsp3) is 0.400. The highest BCUT2D eigenvalue weighted by Crippen LogP contribution is 2.28. The molecule has 0 N–H and O–H groups in total. The summed E-state index contributed by atoms with van der Waals surface area (Å²) in [6.07, 6.45) is -0.539. The molecular weight excluding hydrogens is 299 g/mol. The van der Waals surface area contributed by atoms with E-state index in [1.165, 1.54) is 0 Å². The average Bonchev–Trinajstić information content (AvgIpc) is 2.28. The smallest absolute Gasteiger partial charge is 0.336 e. The monoisotopic (exact) mass is 307 g/mol. The highest BCUT2D eigenvalue weighted by Gasteiger charge is 2.33. The third kappa shape index (κ3) is 2.96. The minimum Gasteiger partial charge on any atom is -0.336 e. The summed E-state index contributed by atoms with van der Waals surface area (Å²) < 4.78 is 38.4. The lowest BCUT2D eigenvalue weighted by Gasteiger charge is -2.25. The summed E-state index contributed by atoms with van der Waals surface area (Å²) >= 11 is 3.33. The van der Waals surface area contributed by atoms with E-state index in [1.54, 1.807) is 4.90 Å². The molecule has 3 nitrogen and oxygen atoms in total. The second-order valence-electron chi connectivity index (χ2n) is 3.60. The van der Waals surface area contributed by atoms with Gasteiger partial charge in [-0.1, -0.05) is 22.0 Å². The fourth-order valence-corrected chi connectivity index (χ4v) is 2.06. The van der Waals surface area contributed by atoms with Crippen molar-refractivity contribution in [2.75, 3.05) is 18.0 Å². The van der Waals surface area contributed by atoms with Gasteiger partial charge in [0.15, 0.2) is 0 Å². The van der Waals surface area contributed by atoms with Gasteiger partial charge in [0.25, 0.3) is 0 Å². The van der Waals surface area contributed by atoms with E-state index in [0.29, 0.717) is 13.1 Å². The molecule has 0 amide bonds. The van der Waals surface area contributed by atoms with Crippen molar-refractivity contribution in [1.29, 1.82) is 0 Å². The molecule has 1 aromatic rings. The van der Waals surface area contributed by atoms with E-state index in [2.05, 4.69) is 25.9 Å². The third-order valence-electron chi connectivity index (χ3n) is 2.32. The maximum absolute atomic E-state index is 12.5. The molecule has 0 spiro atoms. The summed E-state index contributed by atoms with van der Waals surface area (Å²) in [5.41, 5.74) is -0.909. The van der Waals surface area contributed by atoms with Crippen LogP contribution in [0.15, 0.2) is 22.8 Å². The first-order chi connectivity index (χ1) is 7.97. The Balaban J connectivity index is 2.25. The first kappa shape index (κ1) is 12.3. The molecule has 0 atom stereocenters. The molecule has 92 valence electrons. The third-order valence-corrected chi connectivity index (χ3v) is 2.90. The van der Waals surface area contributed by atoms with Crippen LogP contribution in [0, 0.1) is 0 Å². The fourth-order valence-electron chi connectivity index (χ4n) is 1.53. The molecule has 2 rings (SSSR count). The molecule has 1 aliphatic heterocycles. The molecule has 0 saturated carbocycles. The Kier molecular flexibility index (Phi) is 3.37. The summed E-state index contributed by atoms with van der Waals surface area (Å²) in [7, 11) is 0. The van der Waals surface area contributed by atoms with Crippen LogP contribution in [0.1, 0.15) is 12.1 Å². The number of hydrogen-bond acceptors (Lipinski definition) is 3. The lowest BCUT2D eigenvalue weighted by molar-refractivity contribution is -0.141. The topological polar surface area (TPSA) is 29.0 Å². The molecule has 17 heavy (non-hydrogen) atoms. The number of anilines is 1. The molecule has 1 aliphatic rings. The Labute approximate surface area is 104 Å². The van der Waals surface area contributed by atoms with Crippen LogP contribution in [0.4, 0.5) is 19.1 Å². The maximum atomic E-state index is 12.5. The van der Waals surface area contributed by atoms with Crippen LogP contribution < -0.4 is 4.90 Å². The van der Waals surface area contributed by atoms with E-state index in [-0.39, 0.29) is 5.95 Å². The number of halogens is 4. The van der Waals surface area contributed by atoms with Crippen LogP contribution in [0.2, 0.25) is 0 Å². The summed E-state index contributed by atoms with van der Waals surface area (Å²) in [6, 6.07) is 0.873. The summed E-state index contributed by atoms with van der Waals surface area (Å²) in [6.45, 7) is 1.12. The average molecular weight is 308 g/mol. The van der Waals surface area contributed by atoms with Crippen molar-refractivity contribution >= 4 is 21.9 Å². The Morgan fingerprint density at radius 2 is 2.12 bits per heavy atom. The zero-order valence-corrected chi connectivity index (χ0v) is 10.3. The first-order valence-corrected chi connectivity index (χ1v) is 5.76. The summed E-state index contributed by atoms with van der Waals surface area (Å²) in [4.78, 5) is 9.13. The number of alkyl halides is 3. The summed E-state index contributed by atoms with van der Waals surface area (Å²) in [5, 5.41) is 0. The molecule has 0 saturated heterocycles. The van der Waals surface area contributed by atoms with Crippen molar-refractivity contribution in [2.24, 2.45) is 0 Å². The van der Waals surface area contributed by atoms with Crippen molar-refractivity contribution in [3.05, 3.63) is 28.5 Å². The van der Waals surface area contributed by atoms with E-state index in [0.717, 1.165) is 23.2 Å². The van der Waals surface area contributed by atoms with Gasteiger partial charge in [-0.25, -0.2) is 9.97 Å². The molecule has 0 fully saturated rings. The molecular formula is C10H9BrF3N3. The van der Waals surface area contributed by atoms with Crippen molar-refractivity contribution in [1.82, 2.24) is 9.97 Å². The van der Waals surface area contributed by atoms with Gasteiger partial charge in [-0.3, -0.25) is 0 Å². The number of nitrogens with zero attached hydrogens (tertiary/aromatic N) is 3. The largest absolute Gasteiger partial charge is 0.433 e. The first-order valence-electron chi connectivity index (χ1n) is 4.96. The van der Waals surface area contributed by atoms with E-state index >= 15 is 0 Å². The van der Waals surface area contributed by atoms with Gasteiger partial charge in [-0.05, 0) is 12.5 Å². The van der Waals surface area contributed by atoms with Crippen molar-refractivity contribution in [3.8, 4) is 0 Å². The SMILES string of the molecule is FC(F)(F)c1ccnc(N2CCC=C(Br)C2)n1. The molecule has 0 radical (unpaired) electrons. The highest BCUT2D eigenvalue weighted by atomic mass is 79.9. The van der Waals surface area contributed by atoms with Crippen LogP contribution in [-0.4, -0.2) is 23.1 Å². The van der Waals surface area contributed by atoms with Crippen LogP contribution in [0.3, 0.4) is 0 Å². The zero-order chi connectivity index (χ0) is 12.5. The minimum atomic E-state index is -4.43. The maximum Gasteiger partial charge on any atom is 0.433 e. The van der Waals surface area contributed by atoms with Gasteiger partial charge in [0.2, 0.25) is 5.95 Å².